The molecule has 0 spiro atoms. The van der Waals surface area contributed by atoms with Gasteiger partial charge in [0, 0.05) is 48.9 Å². The molecule has 0 unspecified atom stereocenters. The minimum Gasteiger partial charge on any atom is -0.392 e. The van der Waals surface area contributed by atoms with E-state index in [1.165, 1.54) is 0 Å². The lowest BCUT2D eigenvalue weighted by Gasteiger charge is -2.25. The number of aliphatic hydroxyl groups excluding tert-OH is 1. The van der Waals surface area contributed by atoms with Gasteiger partial charge in [0.15, 0.2) is 0 Å². The average Bonchev–Trinajstić information content (AvgIpc) is 3.25. The smallest absolute Gasteiger partial charge is 0.228 e. The van der Waals surface area contributed by atoms with Crippen molar-refractivity contribution in [3.63, 3.8) is 0 Å². The number of hydrogen-bond donors (Lipinski definition) is 3. The van der Waals surface area contributed by atoms with Gasteiger partial charge in [-0.1, -0.05) is 27.7 Å². The molecular weight excluding hydrogens is 316 g/mol. The second-order valence-corrected chi connectivity index (χ2v) is 8.20. The first-order valence-corrected chi connectivity index (χ1v) is 9.66. The molecule has 0 radical (unpaired) electrons. The van der Waals surface area contributed by atoms with Crippen LogP contribution in [-0.4, -0.2) is 57.2 Å². The Hall–Kier alpha value is -1.40. The zero-order chi connectivity index (χ0) is 18.1. The summed E-state index contributed by atoms with van der Waals surface area (Å²) < 4.78 is 0. The zero-order valence-corrected chi connectivity index (χ0v) is 15.8. The maximum atomic E-state index is 12.9. The van der Waals surface area contributed by atoms with Crippen molar-refractivity contribution in [1.82, 2.24) is 20.2 Å². The minimum absolute atomic E-state index is 0.0759. The van der Waals surface area contributed by atoms with Crippen molar-refractivity contribution in [2.45, 2.75) is 77.0 Å². The maximum Gasteiger partial charge on any atom is 0.228 e. The Labute approximate surface area is 150 Å². The van der Waals surface area contributed by atoms with Crippen LogP contribution in [0.2, 0.25) is 0 Å². The number of imidazole rings is 1. The lowest BCUT2D eigenvalue weighted by molar-refractivity contribution is -0.137. The number of nitrogens with one attached hydrogen (secondary N) is 2. The zero-order valence-electron chi connectivity index (χ0n) is 15.8. The van der Waals surface area contributed by atoms with Gasteiger partial charge in [0.05, 0.1) is 12.0 Å². The number of amides is 1. The van der Waals surface area contributed by atoms with E-state index in [0.29, 0.717) is 18.4 Å². The molecule has 3 N–H and O–H groups in total. The Bertz CT molecular complexity index is 592. The van der Waals surface area contributed by atoms with Crippen LogP contribution in [-0.2, 0) is 4.79 Å². The molecule has 25 heavy (non-hydrogen) atoms. The summed E-state index contributed by atoms with van der Waals surface area (Å²) in [5, 5.41) is 14.6. The highest BCUT2D eigenvalue weighted by molar-refractivity contribution is 5.80. The molecule has 1 aromatic rings. The number of carbonyl (C=O) groups excluding carboxylic acids is 1. The number of H-pyrrole nitrogens is 1. The van der Waals surface area contributed by atoms with E-state index in [0.717, 1.165) is 37.4 Å². The Morgan fingerprint density at radius 1 is 1.32 bits per heavy atom. The molecule has 2 aliphatic rings. The molecule has 6 heteroatoms. The van der Waals surface area contributed by atoms with Crippen LogP contribution < -0.4 is 5.32 Å². The number of nitrogens with zero attached hydrogens (tertiary/aromatic N) is 2. The van der Waals surface area contributed by atoms with Crippen molar-refractivity contribution in [1.29, 1.82) is 0 Å². The number of aromatic nitrogens is 2. The van der Waals surface area contributed by atoms with Gasteiger partial charge in [-0.2, -0.15) is 0 Å². The molecule has 1 aliphatic carbocycles. The van der Waals surface area contributed by atoms with Crippen LogP contribution >= 0.6 is 0 Å². The average molecular weight is 348 g/mol. The largest absolute Gasteiger partial charge is 0.392 e. The number of likely N-dealkylation sites (tertiary alicyclic amines) is 1. The lowest BCUT2D eigenvalue weighted by atomic mass is 9.95. The fraction of sp³-hybridized carbons (Fsp3) is 0.789. The summed E-state index contributed by atoms with van der Waals surface area (Å²) in [4.78, 5) is 22.7. The van der Waals surface area contributed by atoms with E-state index in [4.69, 9.17) is 0 Å². The molecule has 140 valence electrons. The molecule has 1 aromatic heterocycles. The van der Waals surface area contributed by atoms with Crippen LogP contribution in [0.3, 0.4) is 0 Å². The van der Waals surface area contributed by atoms with Crippen LogP contribution in [0.15, 0.2) is 6.20 Å². The third-order valence-electron chi connectivity index (χ3n) is 5.53. The Kier molecular flexibility index (Phi) is 5.49. The Balaban J connectivity index is 1.83. The van der Waals surface area contributed by atoms with Gasteiger partial charge in [0.2, 0.25) is 5.91 Å². The van der Waals surface area contributed by atoms with E-state index < -0.39 is 6.10 Å². The van der Waals surface area contributed by atoms with Gasteiger partial charge in [-0.05, 0) is 19.3 Å². The van der Waals surface area contributed by atoms with Crippen LogP contribution in [0.25, 0.3) is 0 Å². The normalized spacial score (nSPS) is 30.0. The molecule has 1 amide bonds. The van der Waals surface area contributed by atoms with Crippen molar-refractivity contribution in [3.05, 3.63) is 17.7 Å². The van der Waals surface area contributed by atoms with E-state index in [1.54, 1.807) is 0 Å². The van der Waals surface area contributed by atoms with E-state index in [1.807, 2.05) is 11.1 Å². The predicted octanol–water partition coefficient (Wildman–Crippen LogP) is 1.99. The van der Waals surface area contributed by atoms with Crippen molar-refractivity contribution in [3.8, 4) is 0 Å². The molecule has 6 nitrogen and oxygen atoms in total. The third-order valence-corrected chi connectivity index (χ3v) is 5.53. The number of rotatable bonds is 5. The van der Waals surface area contributed by atoms with Gasteiger partial charge >= 0.3 is 0 Å². The summed E-state index contributed by atoms with van der Waals surface area (Å²) in [6.45, 7) is 10.1. The van der Waals surface area contributed by atoms with Gasteiger partial charge in [-0.25, -0.2) is 4.98 Å². The Morgan fingerprint density at radius 2 is 2.00 bits per heavy atom. The predicted molar refractivity (Wildman–Crippen MR) is 97.4 cm³/mol. The van der Waals surface area contributed by atoms with Gasteiger partial charge < -0.3 is 20.3 Å². The summed E-state index contributed by atoms with van der Waals surface area (Å²) in [6.07, 6.45) is 3.98. The highest BCUT2D eigenvalue weighted by Crippen LogP contribution is 2.40. The number of carbonyl (C=O) groups is 1. The fourth-order valence-corrected chi connectivity index (χ4v) is 4.28. The molecule has 3 rings (SSSR count). The number of aromatic amines is 1. The van der Waals surface area contributed by atoms with Crippen molar-refractivity contribution < 1.29 is 9.90 Å². The quantitative estimate of drug-likeness (QED) is 0.760. The van der Waals surface area contributed by atoms with Crippen molar-refractivity contribution in [2.24, 2.45) is 5.92 Å². The summed E-state index contributed by atoms with van der Waals surface area (Å²) in [5.74, 6) is 0.904. The van der Waals surface area contributed by atoms with Gasteiger partial charge in [0.1, 0.15) is 5.82 Å². The number of hydrogen-bond acceptors (Lipinski definition) is 4. The summed E-state index contributed by atoms with van der Waals surface area (Å²) >= 11 is 0. The lowest BCUT2D eigenvalue weighted by Crippen LogP contribution is -2.39. The molecule has 4 atom stereocenters. The molecule has 0 aromatic carbocycles. The van der Waals surface area contributed by atoms with E-state index >= 15 is 0 Å². The first-order valence-electron chi connectivity index (χ1n) is 9.66. The van der Waals surface area contributed by atoms with Crippen LogP contribution in [0, 0.1) is 5.92 Å². The molecule has 2 fully saturated rings. The van der Waals surface area contributed by atoms with Crippen LogP contribution in [0.1, 0.15) is 70.3 Å². The minimum atomic E-state index is -0.676. The third kappa shape index (κ3) is 3.75. The molecule has 1 saturated carbocycles. The second kappa shape index (κ2) is 7.46. The first-order chi connectivity index (χ1) is 11.9. The number of aliphatic hydroxyl groups is 1. The monoisotopic (exact) mass is 348 g/mol. The summed E-state index contributed by atoms with van der Waals surface area (Å²) in [7, 11) is 0. The molecule has 0 bridgehead atoms. The maximum absolute atomic E-state index is 12.9. The fourth-order valence-electron chi connectivity index (χ4n) is 4.28. The summed E-state index contributed by atoms with van der Waals surface area (Å²) in [5.41, 5.74) is 0.936. The first kappa shape index (κ1) is 18.4. The summed E-state index contributed by atoms with van der Waals surface area (Å²) in [6, 6.07) is 0.375. The standard InChI is InChI=1S/C19H32N4O2/c1-11(2)18-20-10-15(22-18)16-14(21-12(3)4)9-13(17(16)24)19(25)23-7-5-6-8-23/h10-14,16-17,21,24H,5-9H2,1-4H3,(H,20,22)/t13-,14+,16+,17+/m0/s1. The molecule has 1 aliphatic heterocycles. The van der Waals surface area contributed by atoms with Crippen LogP contribution in [0.5, 0.6) is 0 Å². The Morgan fingerprint density at radius 3 is 2.56 bits per heavy atom. The van der Waals surface area contributed by atoms with Crippen molar-refractivity contribution in [2.75, 3.05) is 13.1 Å². The van der Waals surface area contributed by atoms with Gasteiger partial charge in [-0.15, -0.1) is 0 Å². The topological polar surface area (TPSA) is 81.2 Å². The molecule has 1 saturated heterocycles. The van der Waals surface area contributed by atoms with Gasteiger partial charge in [-0.3, -0.25) is 4.79 Å². The highest BCUT2D eigenvalue weighted by Gasteiger charge is 2.48. The van der Waals surface area contributed by atoms with E-state index in [-0.39, 0.29) is 23.8 Å². The molecule has 2 heterocycles. The van der Waals surface area contributed by atoms with E-state index in [9.17, 15) is 9.90 Å². The SMILES string of the molecule is CC(C)N[C@@H]1C[C@H](C(=O)N2CCCC2)[C@@H](O)[C@H]1c1cnc(C(C)C)[nH]1. The van der Waals surface area contributed by atoms with Crippen molar-refractivity contribution >= 4 is 5.91 Å². The highest BCUT2D eigenvalue weighted by atomic mass is 16.3. The second-order valence-electron chi connectivity index (χ2n) is 8.20. The van der Waals surface area contributed by atoms with E-state index in [2.05, 4.69) is 43.0 Å². The molecular formula is C19H32N4O2. The van der Waals surface area contributed by atoms with Gasteiger partial charge in [0.25, 0.3) is 0 Å². The van der Waals surface area contributed by atoms with Crippen LogP contribution in [0.4, 0.5) is 0 Å².